The molecular formula is C17H21ClF3N3O3. The van der Waals surface area contributed by atoms with E-state index in [2.05, 4.69) is 10.5 Å². The molecule has 1 N–H and O–H groups in total. The molecule has 0 spiro atoms. The van der Waals surface area contributed by atoms with Crippen LogP contribution in [0.5, 0.6) is 0 Å². The zero-order chi connectivity index (χ0) is 19.4. The monoisotopic (exact) mass is 407 g/mol. The maximum absolute atomic E-state index is 12.7. The summed E-state index contributed by atoms with van der Waals surface area (Å²) in [5.41, 5.74) is 1.58. The van der Waals surface area contributed by atoms with Gasteiger partial charge in [0.05, 0.1) is 10.6 Å². The lowest BCUT2D eigenvalue weighted by atomic mass is 9.96. The van der Waals surface area contributed by atoms with Gasteiger partial charge in [-0.25, -0.2) is 15.3 Å². The summed E-state index contributed by atoms with van der Waals surface area (Å²) in [5, 5.41) is -0.0505. The molecule has 2 saturated heterocycles. The highest BCUT2D eigenvalue weighted by molar-refractivity contribution is 6.33. The zero-order valence-corrected chi connectivity index (χ0v) is 15.4. The van der Waals surface area contributed by atoms with E-state index < -0.39 is 18.0 Å². The van der Waals surface area contributed by atoms with E-state index >= 15 is 0 Å². The number of nitrogens with zero attached hydrogens (tertiary/aromatic N) is 2. The van der Waals surface area contributed by atoms with Crippen LogP contribution in [0, 0.1) is 5.92 Å². The second-order valence-electron chi connectivity index (χ2n) is 6.67. The molecule has 150 valence electrons. The fourth-order valence-electron chi connectivity index (χ4n) is 3.18. The Morgan fingerprint density at radius 2 is 2.04 bits per heavy atom. The Hall–Kier alpha value is -1.58. The van der Waals surface area contributed by atoms with Crippen LogP contribution >= 0.6 is 11.6 Å². The number of pyridine rings is 1. The number of hydrogen-bond acceptors (Lipinski definition) is 5. The summed E-state index contributed by atoms with van der Waals surface area (Å²) in [5.74, 6) is -0.149. The van der Waals surface area contributed by atoms with Crippen LogP contribution in [-0.4, -0.2) is 36.9 Å². The lowest BCUT2D eigenvalue weighted by Crippen LogP contribution is -2.42. The minimum absolute atomic E-state index is 0.0505. The topological polar surface area (TPSA) is 63.7 Å². The quantitative estimate of drug-likeness (QED) is 0.773. The van der Waals surface area contributed by atoms with Gasteiger partial charge in [0.2, 0.25) is 5.91 Å². The Kier molecular flexibility index (Phi) is 6.44. The average Bonchev–Trinajstić information content (AvgIpc) is 2.66. The molecular weight excluding hydrogens is 387 g/mol. The number of carbonyl (C=O) groups is 1. The van der Waals surface area contributed by atoms with Crippen LogP contribution in [-0.2, 0) is 20.5 Å². The van der Waals surface area contributed by atoms with Crippen LogP contribution in [0.1, 0.15) is 37.7 Å². The smallest absolute Gasteiger partial charge is 0.355 e. The number of carbonyl (C=O) groups excluding carboxylic acids is 1. The van der Waals surface area contributed by atoms with Gasteiger partial charge >= 0.3 is 6.18 Å². The van der Waals surface area contributed by atoms with Crippen molar-refractivity contribution in [1.82, 2.24) is 10.5 Å². The lowest BCUT2D eigenvalue weighted by molar-refractivity contribution is -0.202. The predicted molar refractivity (Wildman–Crippen MR) is 92.0 cm³/mol. The lowest BCUT2D eigenvalue weighted by Gasteiger charge is -2.33. The molecule has 2 fully saturated rings. The summed E-state index contributed by atoms with van der Waals surface area (Å²) >= 11 is 5.99. The van der Waals surface area contributed by atoms with Crippen molar-refractivity contribution in [2.24, 2.45) is 5.92 Å². The average molecular weight is 408 g/mol. The summed E-state index contributed by atoms with van der Waals surface area (Å²) in [6.07, 6.45) is -0.318. The first-order valence-corrected chi connectivity index (χ1v) is 9.27. The van der Waals surface area contributed by atoms with Crippen LogP contribution in [0.3, 0.4) is 0 Å². The number of piperidine rings is 1. The van der Waals surface area contributed by atoms with Gasteiger partial charge in [-0.2, -0.15) is 13.2 Å². The van der Waals surface area contributed by atoms with Crippen LogP contribution in [0.15, 0.2) is 12.3 Å². The van der Waals surface area contributed by atoms with Gasteiger partial charge in [0.15, 0.2) is 6.29 Å². The molecule has 0 unspecified atom stereocenters. The number of aromatic nitrogens is 1. The fraction of sp³-hybridized carbons (Fsp3) is 0.647. The molecule has 0 aromatic carbocycles. The third kappa shape index (κ3) is 5.24. The standard InChI is InChI=1S/C17H21ClF3N3O3/c18-13-9-12(17(19,20)21)10-22-15(13)24-6-4-11(5-7-24)16(25)23-27-14-3-1-2-8-26-14/h9-11,14H,1-8H2,(H,23,25)/t14-/m0/s1. The summed E-state index contributed by atoms with van der Waals surface area (Å²) in [7, 11) is 0. The Bertz CT molecular complexity index is 661. The molecule has 1 atom stereocenters. The van der Waals surface area contributed by atoms with E-state index in [1.54, 1.807) is 4.90 Å². The van der Waals surface area contributed by atoms with Gasteiger partial charge in [-0.05, 0) is 31.7 Å². The number of amides is 1. The maximum Gasteiger partial charge on any atom is 0.417 e. The van der Waals surface area contributed by atoms with Crippen LogP contribution < -0.4 is 10.4 Å². The Morgan fingerprint density at radius 1 is 1.30 bits per heavy atom. The first-order chi connectivity index (χ1) is 12.8. The third-order valence-electron chi connectivity index (χ3n) is 4.74. The molecule has 27 heavy (non-hydrogen) atoms. The van der Waals surface area contributed by atoms with E-state index in [4.69, 9.17) is 21.2 Å². The maximum atomic E-state index is 12.7. The van der Waals surface area contributed by atoms with Crippen molar-refractivity contribution < 1.29 is 27.5 Å². The summed E-state index contributed by atoms with van der Waals surface area (Å²) in [6, 6.07) is 0.876. The largest absolute Gasteiger partial charge is 0.417 e. The molecule has 0 aliphatic carbocycles. The molecule has 0 radical (unpaired) electrons. The summed E-state index contributed by atoms with van der Waals surface area (Å²) in [4.78, 5) is 23.2. The van der Waals surface area contributed by atoms with Crippen molar-refractivity contribution in [1.29, 1.82) is 0 Å². The van der Waals surface area contributed by atoms with E-state index in [1.807, 2.05) is 0 Å². The van der Waals surface area contributed by atoms with Crippen LogP contribution in [0.2, 0.25) is 5.02 Å². The molecule has 1 aromatic rings. The van der Waals surface area contributed by atoms with E-state index in [0.717, 1.165) is 31.5 Å². The fourth-order valence-corrected chi connectivity index (χ4v) is 3.47. The van der Waals surface area contributed by atoms with Gasteiger partial charge in [-0.15, -0.1) is 0 Å². The third-order valence-corrected chi connectivity index (χ3v) is 5.02. The molecule has 6 nitrogen and oxygen atoms in total. The van der Waals surface area contributed by atoms with Crippen molar-refractivity contribution >= 4 is 23.3 Å². The molecule has 0 saturated carbocycles. The van der Waals surface area contributed by atoms with Crippen molar-refractivity contribution in [2.75, 3.05) is 24.6 Å². The molecule has 3 heterocycles. The normalized spacial score (nSPS) is 21.9. The SMILES string of the molecule is O=C(NO[C@H]1CCCCO1)C1CCN(c2ncc(C(F)(F)F)cc2Cl)CC1. The number of nitrogens with one attached hydrogen (secondary N) is 1. The number of hydrogen-bond donors (Lipinski definition) is 1. The Labute approximate surface area is 159 Å². The van der Waals surface area contributed by atoms with Gasteiger partial charge in [-0.1, -0.05) is 11.6 Å². The molecule has 0 bridgehead atoms. The summed E-state index contributed by atoms with van der Waals surface area (Å²) < 4.78 is 43.5. The number of alkyl halides is 3. The van der Waals surface area contributed by atoms with E-state index in [0.29, 0.717) is 38.4 Å². The minimum Gasteiger partial charge on any atom is -0.355 e. The van der Waals surface area contributed by atoms with Gasteiger partial charge in [0.25, 0.3) is 0 Å². The second kappa shape index (κ2) is 8.62. The number of ether oxygens (including phenoxy) is 1. The van der Waals surface area contributed by atoms with Gasteiger partial charge in [0, 0.05) is 38.2 Å². The van der Waals surface area contributed by atoms with Crippen molar-refractivity contribution in [3.8, 4) is 0 Å². The van der Waals surface area contributed by atoms with Crippen molar-refractivity contribution in [3.05, 3.63) is 22.8 Å². The molecule has 2 aliphatic rings. The van der Waals surface area contributed by atoms with Crippen LogP contribution in [0.4, 0.5) is 19.0 Å². The van der Waals surface area contributed by atoms with Gasteiger partial charge in [0.1, 0.15) is 5.82 Å². The first-order valence-electron chi connectivity index (χ1n) is 8.89. The Balaban J connectivity index is 1.50. The van der Waals surface area contributed by atoms with E-state index in [-0.39, 0.29) is 16.8 Å². The van der Waals surface area contributed by atoms with Crippen molar-refractivity contribution in [3.63, 3.8) is 0 Å². The highest BCUT2D eigenvalue weighted by Crippen LogP contribution is 2.34. The van der Waals surface area contributed by atoms with Gasteiger partial charge in [-0.3, -0.25) is 4.79 Å². The van der Waals surface area contributed by atoms with Crippen molar-refractivity contribution in [2.45, 2.75) is 44.6 Å². The number of hydroxylamine groups is 1. The molecule has 3 rings (SSSR count). The van der Waals surface area contributed by atoms with Crippen LogP contribution in [0.25, 0.3) is 0 Å². The minimum atomic E-state index is -4.48. The summed E-state index contributed by atoms with van der Waals surface area (Å²) in [6.45, 7) is 1.56. The number of anilines is 1. The van der Waals surface area contributed by atoms with Gasteiger partial charge < -0.3 is 9.64 Å². The van der Waals surface area contributed by atoms with E-state index in [9.17, 15) is 18.0 Å². The molecule has 2 aliphatic heterocycles. The molecule has 1 aromatic heterocycles. The zero-order valence-electron chi connectivity index (χ0n) is 14.6. The Morgan fingerprint density at radius 3 is 2.63 bits per heavy atom. The molecule has 1 amide bonds. The number of halogens is 4. The predicted octanol–water partition coefficient (Wildman–Crippen LogP) is 3.54. The second-order valence-corrected chi connectivity index (χ2v) is 7.08. The highest BCUT2D eigenvalue weighted by atomic mass is 35.5. The number of rotatable bonds is 4. The van der Waals surface area contributed by atoms with E-state index in [1.165, 1.54) is 0 Å². The first kappa shape index (κ1) is 20.2. The highest BCUT2D eigenvalue weighted by Gasteiger charge is 2.33. The molecule has 10 heteroatoms.